The van der Waals surface area contributed by atoms with Crippen molar-refractivity contribution >= 4 is 28.7 Å². The zero-order valence-electron chi connectivity index (χ0n) is 18.2. The van der Waals surface area contributed by atoms with Crippen LogP contribution >= 0.6 is 0 Å². The minimum absolute atomic E-state index is 0.307. The zero-order chi connectivity index (χ0) is 22.9. The van der Waals surface area contributed by atoms with Gasteiger partial charge in [-0.25, -0.2) is 14.6 Å². The van der Waals surface area contributed by atoms with Gasteiger partial charge in [0.25, 0.3) is 0 Å². The van der Waals surface area contributed by atoms with E-state index in [-0.39, 0.29) is 0 Å². The molecule has 0 saturated carbocycles. The third kappa shape index (κ3) is 4.74. The first-order valence-electron chi connectivity index (χ1n) is 10.4. The number of nitrogens with one attached hydrogen (secondary N) is 1. The highest BCUT2D eigenvalue weighted by molar-refractivity contribution is 5.93. The van der Waals surface area contributed by atoms with E-state index in [4.69, 9.17) is 9.47 Å². The molecule has 0 aliphatic carbocycles. The van der Waals surface area contributed by atoms with E-state index in [2.05, 4.69) is 9.97 Å². The van der Waals surface area contributed by atoms with Crippen LogP contribution < -0.4 is 4.74 Å². The first kappa shape index (κ1) is 21.4. The van der Waals surface area contributed by atoms with Crippen LogP contribution in [-0.4, -0.2) is 50.7 Å². The lowest BCUT2D eigenvalue weighted by molar-refractivity contribution is 0.00671. The van der Waals surface area contributed by atoms with Crippen molar-refractivity contribution in [1.82, 2.24) is 14.9 Å². The number of carboxylic acid groups (broad SMARTS) is 1. The fourth-order valence-corrected chi connectivity index (χ4v) is 3.52. The second-order valence-electron chi connectivity index (χ2n) is 8.61. The molecule has 3 aromatic rings. The number of amides is 1. The van der Waals surface area contributed by atoms with Gasteiger partial charge in [-0.15, -0.1) is 0 Å². The van der Waals surface area contributed by atoms with E-state index < -0.39 is 17.7 Å². The Balaban J connectivity index is 1.69. The number of hydrogen-bond donors (Lipinski definition) is 2. The quantitative estimate of drug-likeness (QED) is 0.554. The molecule has 32 heavy (non-hydrogen) atoms. The molecule has 0 spiro atoms. The number of pyridine rings is 1. The lowest BCUT2D eigenvalue weighted by atomic mass is 9.98. The number of H-pyrrole nitrogens is 1. The molecule has 1 aliphatic heterocycles. The molecule has 0 atom stereocenters. The zero-order valence-corrected chi connectivity index (χ0v) is 18.2. The Kier molecular flexibility index (Phi) is 5.61. The molecule has 4 rings (SSSR count). The number of nitrogens with zero attached hydrogens (tertiary/aromatic N) is 2. The van der Waals surface area contributed by atoms with Crippen molar-refractivity contribution < 1.29 is 24.2 Å². The molecule has 166 valence electrons. The molecule has 8 heteroatoms. The number of ether oxygens (including phenoxy) is 2. The standard InChI is InChI=1S/C24H25N3O5/c1-24(2,3)32-22(28)19-5-4-16(15-7-10-27(11-8-15)23(29)30)13-20(19)31-18-12-17-6-9-25-21(17)26-14-18/h4-7,9,12-14H,8,10-11H2,1-3H3,(H,25,26)(H,29,30). The van der Waals surface area contributed by atoms with Crippen LogP contribution in [0, 0.1) is 0 Å². The van der Waals surface area contributed by atoms with Crippen LogP contribution in [0.2, 0.25) is 0 Å². The maximum Gasteiger partial charge on any atom is 0.407 e. The first-order chi connectivity index (χ1) is 15.2. The van der Waals surface area contributed by atoms with Gasteiger partial charge in [-0.3, -0.25) is 0 Å². The topological polar surface area (TPSA) is 105 Å². The normalized spacial score (nSPS) is 14.2. The highest BCUT2D eigenvalue weighted by atomic mass is 16.6. The molecule has 0 radical (unpaired) electrons. The fourth-order valence-electron chi connectivity index (χ4n) is 3.52. The van der Waals surface area contributed by atoms with E-state index in [9.17, 15) is 14.7 Å². The van der Waals surface area contributed by atoms with Crippen LogP contribution in [0.15, 0.2) is 48.8 Å². The van der Waals surface area contributed by atoms with Gasteiger partial charge in [0, 0.05) is 24.7 Å². The largest absolute Gasteiger partial charge is 0.465 e. The predicted octanol–water partition coefficient (Wildman–Crippen LogP) is 5.08. The van der Waals surface area contributed by atoms with Crippen LogP contribution in [0.5, 0.6) is 11.5 Å². The number of carbonyl (C=O) groups excluding carboxylic acids is 1. The maximum absolute atomic E-state index is 12.8. The van der Waals surface area contributed by atoms with Crippen LogP contribution in [0.25, 0.3) is 16.6 Å². The predicted molar refractivity (Wildman–Crippen MR) is 120 cm³/mol. The Morgan fingerprint density at radius 2 is 2.00 bits per heavy atom. The highest BCUT2D eigenvalue weighted by Gasteiger charge is 2.23. The summed E-state index contributed by atoms with van der Waals surface area (Å²) in [6.07, 6.45) is 4.92. The molecule has 1 aromatic carbocycles. The number of carbonyl (C=O) groups is 2. The van der Waals surface area contributed by atoms with Crippen molar-refractivity contribution in [3.05, 3.63) is 59.9 Å². The summed E-state index contributed by atoms with van der Waals surface area (Å²) in [5.41, 5.74) is 2.27. The summed E-state index contributed by atoms with van der Waals surface area (Å²) in [7, 11) is 0. The second-order valence-corrected chi connectivity index (χ2v) is 8.61. The number of esters is 1. The third-order valence-electron chi connectivity index (χ3n) is 5.05. The Morgan fingerprint density at radius 1 is 1.19 bits per heavy atom. The maximum atomic E-state index is 12.8. The van der Waals surface area contributed by atoms with E-state index in [1.54, 1.807) is 24.5 Å². The van der Waals surface area contributed by atoms with Crippen LogP contribution in [0.1, 0.15) is 43.1 Å². The minimum atomic E-state index is -0.933. The van der Waals surface area contributed by atoms with Gasteiger partial charge in [-0.2, -0.15) is 0 Å². The molecular weight excluding hydrogens is 410 g/mol. The van der Waals surface area contributed by atoms with E-state index >= 15 is 0 Å². The van der Waals surface area contributed by atoms with Gasteiger partial charge in [0.05, 0.1) is 6.20 Å². The van der Waals surface area contributed by atoms with Crippen molar-refractivity contribution in [3.63, 3.8) is 0 Å². The summed E-state index contributed by atoms with van der Waals surface area (Å²) in [6, 6.07) is 9.05. The average molecular weight is 435 g/mol. The molecule has 2 aromatic heterocycles. The molecular formula is C24H25N3O5. The Hall–Kier alpha value is -3.81. The lowest BCUT2D eigenvalue weighted by Gasteiger charge is -2.24. The molecule has 1 amide bonds. The van der Waals surface area contributed by atoms with Crippen LogP contribution in [0.4, 0.5) is 4.79 Å². The monoisotopic (exact) mass is 435 g/mol. The third-order valence-corrected chi connectivity index (χ3v) is 5.05. The van der Waals surface area contributed by atoms with E-state index in [0.717, 1.165) is 22.2 Å². The van der Waals surface area contributed by atoms with Crippen LogP contribution in [-0.2, 0) is 4.74 Å². The van der Waals surface area contributed by atoms with Gasteiger partial charge < -0.3 is 24.5 Å². The van der Waals surface area contributed by atoms with Crippen molar-refractivity contribution in [3.8, 4) is 11.5 Å². The Bertz CT molecular complexity index is 1210. The SMILES string of the molecule is CC(C)(C)OC(=O)c1ccc(C2=CCN(C(=O)O)CC2)cc1Oc1cnc2[nH]ccc2c1. The van der Waals surface area contributed by atoms with Crippen molar-refractivity contribution in [2.75, 3.05) is 13.1 Å². The van der Waals surface area contributed by atoms with Gasteiger partial charge in [-0.05, 0) is 62.6 Å². The first-order valence-corrected chi connectivity index (χ1v) is 10.4. The van der Waals surface area contributed by atoms with Crippen molar-refractivity contribution in [2.24, 2.45) is 0 Å². The van der Waals surface area contributed by atoms with Gasteiger partial charge in [0.15, 0.2) is 0 Å². The number of aromatic amines is 1. The van der Waals surface area contributed by atoms with E-state index in [0.29, 0.717) is 36.6 Å². The Morgan fingerprint density at radius 3 is 2.69 bits per heavy atom. The number of aromatic nitrogens is 2. The van der Waals surface area contributed by atoms with Crippen molar-refractivity contribution in [2.45, 2.75) is 32.8 Å². The highest BCUT2D eigenvalue weighted by Crippen LogP contribution is 2.33. The van der Waals surface area contributed by atoms with Gasteiger partial charge in [0.2, 0.25) is 0 Å². The summed E-state index contributed by atoms with van der Waals surface area (Å²) >= 11 is 0. The van der Waals surface area contributed by atoms with Crippen molar-refractivity contribution in [1.29, 1.82) is 0 Å². The molecule has 3 heterocycles. The molecule has 8 nitrogen and oxygen atoms in total. The van der Waals surface area contributed by atoms with Gasteiger partial charge >= 0.3 is 12.1 Å². The molecule has 0 saturated heterocycles. The smallest absolute Gasteiger partial charge is 0.407 e. The summed E-state index contributed by atoms with van der Waals surface area (Å²) in [6.45, 7) is 6.17. The molecule has 0 unspecified atom stereocenters. The molecule has 1 aliphatic rings. The van der Waals surface area contributed by atoms with E-state index in [1.807, 2.05) is 45.0 Å². The molecule has 0 bridgehead atoms. The number of fused-ring (bicyclic) bond motifs is 1. The average Bonchev–Trinajstić information content (AvgIpc) is 3.20. The number of benzene rings is 1. The summed E-state index contributed by atoms with van der Waals surface area (Å²) in [5.74, 6) is 0.369. The summed E-state index contributed by atoms with van der Waals surface area (Å²) in [4.78, 5) is 32.7. The summed E-state index contributed by atoms with van der Waals surface area (Å²) < 4.78 is 11.7. The van der Waals surface area contributed by atoms with Gasteiger partial charge in [-0.1, -0.05) is 12.1 Å². The van der Waals surface area contributed by atoms with E-state index in [1.165, 1.54) is 4.90 Å². The number of hydrogen-bond acceptors (Lipinski definition) is 5. The number of rotatable bonds is 4. The lowest BCUT2D eigenvalue weighted by Crippen LogP contribution is -2.33. The second kappa shape index (κ2) is 8.37. The van der Waals surface area contributed by atoms with Gasteiger partial charge in [0.1, 0.15) is 28.3 Å². The Labute approximate surface area is 185 Å². The minimum Gasteiger partial charge on any atom is -0.465 e. The molecule has 2 N–H and O–H groups in total. The van der Waals surface area contributed by atoms with Crippen LogP contribution in [0.3, 0.4) is 0 Å². The fraction of sp³-hybridized carbons (Fsp3) is 0.292. The molecule has 0 fully saturated rings. The summed E-state index contributed by atoms with van der Waals surface area (Å²) in [5, 5.41) is 10.1.